The number of amides is 2. The molecule has 1 saturated heterocycles. The predicted molar refractivity (Wildman–Crippen MR) is 118 cm³/mol. The summed E-state index contributed by atoms with van der Waals surface area (Å²) >= 11 is 0. The maximum atomic E-state index is 12.9. The molecule has 1 N–H and O–H groups in total. The summed E-state index contributed by atoms with van der Waals surface area (Å²) in [6.45, 7) is 3.64. The highest BCUT2D eigenvalue weighted by Crippen LogP contribution is 2.32. The number of nitro groups is 1. The van der Waals surface area contributed by atoms with Crippen molar-refractivity contribution < 1.29 is 19.2 Å². The molecule has 0 atom stereocenters. The number of nitro benzene ring substituents is 1. The second kappa shape index (κ2) is 8.03. The Balaban J connectivity index is 1.77. The van der Waals surface area contributed by atoms with Gasteiger partial charge in [-0.1, -0.05) is 18.2 Å². The van der Waals surface area contributed by atoms with Gasteiger partial charge in [-0.3, -0.25) is 25.1 Å². The van der Waals surface area contributed by atoms with Gasteiger partial charge in [0.15, 0.2) is 0 Å². The highest BCUT2D eigenvalue weighted by Gasteiger charge is 2.34. The van der Waals surface area contributed by atoms with Gasteiger partial charge >= 0.3 is 0 Å². The van der Waals surface area contributed by atoms with Gasteiger partial charge in [0.2, 0.25) is 0 Å². The number of hydrogen-bond donors (Lipinski definition) is 1. The van der Waals surface area contributed by atoms with E-state index in [0.717, 1.165) is 5.69 Å². The van der Waals surface area contributed by atoms with E-state index in [1.165, 1.54) is 36.4 Å². The normalized spacial score (nSPS) is 14.7. The van der Waals surface area contributed by atoms with Crippen LogP contribution in [0.5, 0.6) is 5.75 Å². The second-order valence-corrected chi connectivity index (χ2v) is 7.25. The topological polar surface area (TPSA) is 107 Å². The summed E-state index contributed by atoms with van der Waals surface area (Å²) in [5, 5.41) is 12.5. The number of nitrogens with zero attached hydrogens (tertiary/aromatic N) is 3. The first kappa shape index (κ1) is 20.9. The van der Waals surface area contributed by atoms with Crippen LogP contribution >= 0.6 is 0 Å². The lowest BCUT2D eigenvalue weighted by molar-refractivity contribution is -0.384. The van der Waals surface area contributed by atoms with Crippen LogP contribution in [0.15, 0.2) is 60.2 Å². The van der Waals surface area contributed by atoms with Crippen molar-refractivity contribution in [2.75, 3.05) is 12.1 Å². The number of benzene rings is 2. The number of anilines is 1. The highest BCUT2D eigenvalue weighted by molar-refractivity contribution is 6.31. The molecule has 0 unspecified atom stereocenters. The van der Waals surface area contributed by atoms with E-state index in [1.807, 2.05) is 26.0 Å². The molecule has 162 valence electrons. The molecule has 0 bridgehead atoms. The van der Waals surface area contributed by atoms with Crippen LogP contribution in [0, 0.1) is 24.0 Å². The fourth-order valence-electron chi connectivity index (χ4n) is 3.74. The number of nitrogens with one attached hydrogen (secondary N) is 1. The molecule has 1 fully saturated rings. The first-order valence-electron chi connectivity index (χ1n) is 9.75. The lowest BCUT2D eigenvalue weighted by atomic mass is 10.1. The van der Waals surface area contributed by atoms with Crippen molar-refractivity contribution in [1.82, 2.24) is 9.99 Å². The van der Waals surface area contributed by atoms with Crippen LogP contribution < -0.4 is 15.2 Å². The Bertz CT molecular complexity index is 1280. The van der Waals surface area contributed by atoms with Crippen LogP contribution in [0.2, 0.25) is 0 Å². The van der Waals surface area contributed by atoms with Gasteiger partial charge in [-0.2, -0.15) is 0 Å². The molecule has 0 spiro atoms. The number of carbonyl (C=O) groups excluding carboxylic acids is 2. The minimum Gasteiger partial charge on any atom is -0.495 e. The molecule has 2 heterocycles. The van der Waals surface area contributed by atoms with Crippen molar-refractivity contribution in [2.24, 2.45) is 0 Å². The molecular weight excluding hydrogens is 412 g/mol. The van der Waals surface area contributed by atoms with Crippen molar-refractivity contribution in [3.8, 4) is 11.4 Å². The summed E-state index contributed by atoms with van der Waals surface area (Å²) in [4.78, 5) is 36.2. The zero-order valence-electron chi connectivity index (χ0n) is 17.7. The Morgan fingerprint density at radius 2 is 1.78 bits per heavy atom. The number of hydrazine groups is 1. The quantitative estimate of drug-likeness (QED) is 0.288. The predicted octanol–water partition coefficient (Wildman–Crippen LogP) is 3.47. The number of non-ortho nitro benzene ring substituents is 1. The summed E-state index contributed by atoms with van der Waals surface area (Å²) in [6.07, 6.45) is 1.53. The van der Waals surface area contributed by atoms with Crippen molar-refractivity contribution >= 4 is 29.3 Å². The van der Waals surface area contributed by atoms with Gasteiger partial charge in [-0.25, -0.2) is 5.01 Å². The number of para-hydroxylation sites is 1. The third kappa shape index (κ3) is 3.49. The van der Waals surface area contributed by atoms with Gasteiger partial charge in [-0.05, 0) is 49.8 Å². The monoisotopic (exact) mass is 432 g/mol. The average molecular weight is 432 g/mol. The third-order valence-corrected chi connectivity index (χ3v) is 5.29. The van der Waals surface area contributed by atoms with Gasteiger partial charge < -0.3 is 9.30 Å². The Kier molecular flexibility index (Phi) is 5.23. The first-order chi connectivity index (χ1) is 15.3. The fraction of sp³-hybridized carbons (Fsp3) is 0.130. The fourth-order valence-corrected chi connectivity index (χ4v) is 3.74. The molecule has 1 aliphatic heterocycles. The molecule has 2 amide bonds. The summed E-state index contributed by atoms with van der Waals surface area (Å²) in [5.41, 5.74) is 5.66. The van der Waals surface area contributed by atoms with Crippen molar-refractivity contribution in [2.45, 2.75) is 13.8 Å². The van der Waals surface area contributed by atoms with Crippen LogP contribution in [0.1, 0.15) is 17.0 Å². The third-order valence-electron chi connectivity index (χ3n) is 5.29. The molecule has 0 aliphatic carbocycles. The Labute approximate surface area is 183 Å². The minimum absolute atomic E-state index is 0.000102. The van der Waals surface area contributed by atoms with Gasteiger partial charge in [-0.15, -0.1) is 0 Å². The standard InChI is InChI=1S/C23H20N4O5/c1-14-11-16(12-19-22(28)24-26(23(19)29)17-7-5-4-6-8-17)15(2)25(14)20-13-18(27(30)31)9-10-21(20)32-3/h4-13H,1-3H3,(H,24,28). The van der Waals surface area contributed by atoms with Crippen molar-refractivity contribution in [3.05, 3.63) is 87.2 Å². The molecule has 0 radical (unpaired) electrons. The van der Waals surface area contributed by atoms with Crippen LogP contribution in [-0.2, 0) is 9.59 Å². The number of hydrogen-bond acceptors (Lipinski definition) is 5. The van der Waals surface area contributed by atoms with E-state index in [1.54, 1.807) is 28.8 Å². The maximum Gasteiger partial charge on any atom is 0.282 e. The maximum absolute atomic E-state index is 12.9. The summed E-state index contributed by atoms with van der Waals surface area (Å²) in [7, 11) is 1.49. The largest absolute Gasteiger partial charge is 0.495 e. The zero-order chi connectivity index (χ0) is 23.0. The van der Waals surface area contributed by atoms with E-state index >= 15 is 0 Å². The molecule has 9 nitrogen and oxygen atoms in total. The Hall–Kier alpha value is -4.40. The van der Waals surface area contributed by atoms with Gasteiger partial charge in [0.25, 0.3) is 17.5 Å². The first-order valence-corrected chi connectivity index (χ1v) is 9.75. The van der Waals surface area contributed by atoms with Crippen molar-refractivity contribution in [3.63, 3.8) is 0 Å². The summed E-state index contributed by atoms with van der Waals surface area (Å²) < 4.78 is 7.20. The Morgan fingerprint density at radius 1 is 1.06 bits per heavy atom. The smallest absolute Gasteiger partial charge is 0.282 e. The lowest BCUT2D eigenvalue weighted by Gasteiger charge is -2.14. The number of aryl methyl sites for hydroxylation is 1. The number of methoxy groups -OCH3 is 1. The molecule has 2 aromatic carbocycles. The lowest BCUT2D eigenvalue weighted by Crippen LogP contribution is -2.35. The van der Waals surface area contributed by atoms with Crippen LogP contribution in [0.4, 0.5) is 11.4 Å². The minimum atomic E-state index is -0.503. The molecule has 32 heavy (non-hydrogen) atoms. The van der Waals surface area contributed by atoms with E-state index in [2.05, 4.69) is 5.43 Å². The van der Waals surface area contributed by atoms with E-state index in [0.29, 0.717) is 28.4 Å². The van der Waals surface area contributed by atoms with E-state index in [-0.39, 0.29) is 11.3 Å². The van der Waals surface area contributed by atoms with E-state index in [4.69, 9.17) is 4.74 Å². The van der Waals surface area contributed by atoms with E-state index < -0.39 is 16.7 Å². The molecule has 1 aliphatic rings. The molecule has 9 heteroatoms. The Morgan fingerprint density at radius 3 is 2.44 bits per heavy atom. The summed E-state index contributed by atoms with van der Waals surface area (Å²) in [6, 6.07) is 15.0. The van der Waals surface area contributed by atoms with Gasteiger partial charge in [0.1, 0.15) is 11.3 Å². The SMILES string of the molecule is COc1ccc([N+](=O)[O-])cc1-n1c(C)cc(C=C2C(=O)NN(c3ccccc3)C2=O)c1C. The highest BCUT2D eigenvalue weighted by atomic mass is 16.6. The zero-order valence-corrected chi connectivity index (χ0v) is 17.7. The molecule has 1 aromatic heterocycles. The summed E-state index contributed by atoms with van der Waals surface area (Å²) in [5.74, 6) is -0.503. The number of aromatic nitrogens is 1. The van der Waals surface area contributed by atoms with Crippen LogP contribution in [0.3, 0.4) is 0 Å². The molecule has 3 aromatic rings. The van der Waals surface area contributed by atoms with Gasteiger partial charge in [0, 0.05) is 23.5 Å². The average Bonchev–Trinajstić information content (AvgIpc) is 3.23. The van der Waals surface area contributed by atoms with E-state index in [9.17, 15) is 19.7 Å². The molecular formula is C23H20N4O5. The van der Waals surface area contributed by atoms with Gasteiger partial charge in [0.05, 0.1) is 23.4 Å². The van der Waals surface area contributed by atoms with Crippen molar-refractivity contribution in [1.29, 1.82) is 0 Å². The molecule has 0 saturated carbocycles. The molecule has 4 rings (SSSR count). The van der Waals surface area contributed by atoms with Crippen LogP contribution in [0.25, 0.3) is 11.8 Å². The second-order valence-electron chi connectivity index (χ2n) is 7.25. The van der Waals surface area contributed by atoms with Crippen LogP contribution in [-0.4, -0.2) is 28.4 Å². The number of carbonyl (C=O) groups is 2. The number of ether oxygens (including phenoxy) is 1. The number of rotatable bonds is 5.